The van der Waals surface area contributed by atoms with Gasteiger partial charge in [-0.15, -0.1) is 0 Å². The number of nitrogens with zero attached hydrogens (tertiary/aromatic N) is 6. The minimum atomic E-state index is -0.765. The molecule has 36 heavy (non-hydrogen) atoms. The molecule has 3 heterocycles. The summed E-state index contributed by atoms with van der Waals surface area (Å²) in [6.07, 6.45) is 1.38. The molecule has 11 heteroatoms. The lowest BCUT2D eigenvalue weighted by Crippen LogP contribution is -2.27. The molecule has 188 valence electrons. The standard InChI is InChI=1S/C25H28ClN7O3/c1-14-17-18(26)16(13-27-21(17)32(7)30-14)22(34)28-20-19(23(35)36-25(2,3)4)33(24(29-20)31(5)6)15-11-9-8-10-12-15/h8-13H,1-7H3,(H,28,34). The van der Waals surface area contributed by atoms with Gasteiger partial charge in [0.1, 0.15) is 5.60 Å². The number of aryl methyl sites for hydroxylation is 2. The molecule has 1 aromatic carbocycles. The van der Waals surface area contributed by atoms with Crippen molar-refractivity contribution in [3.63, 3.8) is 0 Å². The predicted molar refractivity (Wildman–Crippen MR) is 139 cm³/mol. The number of anilines is 2. The van der Waals surface area contributed by atoms with Gasteiger partial charge in [0.05, 0.1) is 21.7 Å². The van der Waals surface area contributed by atoms with E-state index in [2.05, 4.69) is 20.4 Å². The van der Waals surface area contributed by atoms with Gasteiger partial charge < -0.3 is 15.0 Å². The second-order valence-corrected chi connectivity index (χ2v) is 9.90. The van der Waals surface area contributed by atoms with Gasteiger partial charge in [-0.3, -0.25) is 14.0 Å². The van der Waals surface area contributed by atoms with Gasteiger partial charge in [0.15, 0.2) is 17.2 Å². The summed E-state index contributed by atoms with van der Waals surface area (Å²) < 4.78 is 8.94. The average Bonchev–Trinajstić information content (AvgIpc) is 3.31. The molecule has 0 saturated heterocycles. The van der Waals surface area contributed by atoms with Crippen LogP contribution in [-0.4, -0.2) is 55.9 Å². The molecule has 0 saturated carbocycles. The van der Waals surface area contributed by atoms with Crippen molar-refractivity contribution in [2.45, 2.75) is 33.3 Å². The molecule has 4 rings (SSSR count). The van der Waals surface area contributed by atoms with E-state index in [4.69, 9.17) is 16.3 Å². The number of halogens is 1. The zero-order valence-electron chi connectivity index (χ0n) is 21.3. The van der Waals surface area contributed by atoms with Gasteiger partial charge in [-0.25, -0.2) is 9.78 Å². The molecule has 0 aliphatic rings. The smallest absolute Gasteiger partial charge is 0.359 e. The molecule has 0 radical (unpaired) electrons. The normalized spacial score (nSPS) is 11.6. The van der Waals surface area contributed by atoms with E-state index in [9.17, 15) is 9.59 Å². The predicted octanol–water partition coefficient (Wildman–Crippen LogP) is 4.39. The number of fused-ring (bicyclic) bond motifs is 1. The van der Waals surface area contributed by atoms with Crippen molar-refractivity contribution in [1.82, 2.24) is 24.3 Å². The molecule has 1 amide bonds. The van der Waals surface area contributed by atoms with Crippen molar-refractivity contribution in [1.29, 1.82) is 0 Å². The topological polar surface area (TPSA) is 107 Å². The van der Waals surface area contributed by atoms with Crippen molar-refractivity contribution in [2.75, 3.05) is 24.3 Å². The van der Waals surface area contributed by atoms with Crippen LogP contribution >= 0.6 is 11.6 Å². The van der Waals surface area contributed by atoms with Crippen LogP contribution in [0.4, 0.5) is 11.8 Å². The highest BCUT2D eigenvalue weighted by molar-refractivity contribution is 6.39. The Morgan fingerprint density at radius 2 is 1.81 bits per heavy atom. The first-order chi connectivity index (χ1) is 16.9. The van der Waals surface area contributed by atoms with E-state index in [-0.39, 0.29) is 22.1 Å². The highest BCUT2D eigenvalue weighted by atomic mass is 35.5. The maximum atomic E-state index is 13.4. The third-order valence-corrected chi connectivity index (χ3v) is 5.70. The number of benzene rings is 1. The summed E-state index contributed by atoms with van der Waals surface area (Å²) in [6.45, 7) is 7.12. The fourth-order valence-electron chi connectivity index (χ4n) is 3.83. The molecule has 0 aliphatic carbocycles. The molecule has 0 aliphatic heterocycles. The number of pyridine rings is 1. The number of nitrogens with one attached hydrogen (secondary N) is 1. The number of carbonyl (C=O) groups is 2. The highest BCUT2D eigenvalue weighted by Gasteiger charge is 2.31. The molecule has 0 spiro atoms. The molecule has 0 fully saturated rings. The summed E-state index contributed by atoms with van der Waals surface area (Å²) in [4.78, 5) is 37.5. The van der Waals surface area contributed by atoms with Gasteiger partial charge >= 0.3 is 5.97 Å². The zero-order chi connectivity index (χ0) is 26.4. The van der Waals surface area contributed by atoms with Crippen LogP contribution < -0.4 is 10.2 Å². The number of hydrogen-bond acceptors (Lipinski definition) is 7. The Labute approximate surface area is 213 Å². The number of aromatic nitrogens is 5. The first-order valence-corrected chi connectivity index (χ1v) is 11.6. The number of amides is 1. The van der Waals surface area contributed by atoms with Crippen molar-refractivity contribution >= 4 is 46.3 Å². The van der Waals surface area contributed by atoms with E-state index in [1.54, 1.807) is 63.0 Å². The van der Waals surface area contributed by atoms with E-state index in [0.717, 1.165) is 0 Å². The van der Waals surface area contributed by atoms with E-state index in [1.807, 2.05) is 30.3 Å². The summed E-state index contributed by atoms with van der Waals surface area (Å²) in [5.41, 5.74) is 1.34. The van der Waals surface area contributed by atoms with Gasteiger partial charge in [-0.1, -0.05) is 29.8 Å². The number of esters is 1. The van der Waals surface area contributed by atoms with E-state index in [0.29, 0.717) is 28.4 Å². The first-order valence-electron chi connectivity index (χ1n) is 11.3. The molecular weight excluding hydrogens is 482 g/mol. The second-order valence-electron chi connectivity index (χ2n) is 9.52. The van der Waals surface area contributed by atoms with E-state index >= 15 is 0 Å². The Morgan fingerprint density at radius 1 is 1.14 bits per heavy atom. The van der Waals surface area contributed by atoms with Gasteiger partial charge in [-0.05, 0) is 39.8 Å². The number of hydrogen-bond donors (Lipinski definition) is 1. The lowest BCUT2D eigenvalue weighted by Gasteiger charge is -2.21. The minimum absolute atomic E-state index is 0.0425. The Bertz CT molecular complexity index is 1470. The van der Waals surface area contributed by atoms with Gasteiger partial charge in [0.2, 0.25) is 5.95 Å². The highest BCUT2D eigenvalue weighted by Crippen LogP contribution is 2.32. The van der Waals surface area contributed by atoms with Gasteiger partial charge in [-0.2, -0.15) is 10.1 Å². The number of ether oxygens (including phenoxy) is 1. The van der Waals surface area contributed by atoms with Crippen LogP contribution in [0.15, 0.2) is 36.5 Å². The van der Waals surface area contributed by atoms with E-state index in [1.165, 1.54) is 6.20 Å². The van der Waals surface area contributed by atoms with Crippen LogP contribution in [0.1, 0.15) is 47.3 Å². The van der Waals surface area contributed by atoms with Crippen molar-refractivity contribution in [2.24, 2.45) is 7.05 Å². The Morgan fingerprint density at radius 3 is 2.42 bits per heavy atom. The largest absolute Gasteiger partial charge is 0.455 e. The zero-order valence-corrected chi connectivity index (χ0v) is 22.0. The van der Waals surface area contributed by atoms with Crippen molar-refractivity contribution in [3.05, 3.63) is 58.5 Å². The summed E-state index contributed by atoms with van der Waals surface area (Å²) in [6, 6.07) is 9.25. The quantitative estimate of drug-likeness (QED) is 0.397. The molecule has 4 aromatic rings. The van der Waals surface area contributed by atoms with Crippen molar-refractivity contribution in [3.8, 4) is 5.69 Å². The summed E-state index contributed by atoms with van der Waals surface area (Å²) in [7, 11) is 5.35. The Kier molecular flexibility index (Phi) is 6.48. The van der Waals surface area contributed by atoms with Crippen LogP contribution in [-0.2, 0) is 11.8 Å². The van der Waals surface area contributed by atoms with E-state index < -0.39 is 17.5 Å². The fraction of sp³-hybridized carbons (Fsp3) is 0.320. The van der Waals surface area contributed by atoms with Crippen LogP contribution in [0, 0.1) is 6.92 Å². The summed E-state index contributed by atoms with van der Waals surface area (Å²) in [5.74, 6) is -0.725. The van der Waals surface area contributed by atoms with Crippen molar-refractivity contribution < 1.29 is 14.3 Å². The molecular formula is C25H28ClN7O3. The maximum absolute atomic E-state index is 13.4. The summed E-state index contributed by atoms with van der Waals surface area (Å²) >= 11 is 6.61. The molecule has 0 unspecified atom stereocenters. The lowest BCUT2D eigenvalue weighted by molar-refractivity contribution is 0.00619. The van der Waals surface area contributed by atoms with Crippen LogP contribution in [0.5, 0.6) is 0 Å². The third-order valence-electron chi connectivity index (χ3n) is 5.31. The van der Waals surface area contributed by atoms with Crippen LogP contribution in [0.25, 0.3) is 16.7 Å². The van der Waals surface area contributed by atoms with Crippen LogP contribution in [0.2, 0.25) is 5.02 Å². The average molecular weight is 510 g/mol. The monoisotopic (exact) mass is 509 g/mol. The molecule has 3 aromatic heterocycles. The van der Waals surface area contributed by atoms with Gasteiger partial charge in [0.25, 0.3) is 5.91 Å². The number of carbonyl (C=O) groups excluding carboxylic acids is 2. The second kappa shape index (κ2) is 9.27. The molecule has 0 atom stereocenters. The number of imidazole rings is 1. The first kappa shape index (κ1) is 25.2. The fourth-order valence-corrected chi connectivity index (χ4v) is 4.19. The maximum Gasteiger partial charge on any atom is 0.359 e. The molecule has 0 bridgehead atoms. The summed E-state index contributed by atoms with van der Waals surface area (Å²) in [5, 5.41) is 7.90. The Hall–Kier alpha value is -3.92. The molecule has 1 N–H and O–H groups in total. The van der Waals surface area contributed by atoms with Gasteiger partial charge in [0, 0.05) is 33.0 Å². The number of rotatable bonds is 5. The van der Waals surface area contributed by atoms with Crippen LogP contribution in [0.3, 0.4) is 0 Å². The minimum Gasteiger partial charge on any atom is -0.455 e. The number of para-hydroxylation sites is 1. The Balaban J connectivity index is 1.86. The SMILES string of the molecule is Cc1nn(C)c2ncc(C(=O)Nc3nc(N(C)C)n(-c4ccccc4)c3C(=O)OC(C)(C)C)c(Cl)c12. The third kappa shape index (κ3) is 4.64. The lowest BCUT2D eigenvalue weighted by atomic mass is 10.2. The molecule has 10 nitrogen and oxygen atoms in total.